The van der Waals surface area contributed by atoms with Crippen LogP contribution in [0.2, 0.25) is 0 Å². The highest BCUT2D eigenvalue weighted by Gasteiger charge is 2.26. The Bertz CT molecular complexity index is 308. The number of nitrogens with two attached hydrogens (primary N) is 1. The maximum Gasteiger partial charge on any atom is 0.408 e. The lowest BCUT2D eigenvalue weighted by atomic mass is 10.2. The fraction of sp³-hybridized carbons (Fsp3) is 0.700. The molecule has 0 saturated heterocycles. The Kier molecular flexibility index (Phi) is 5.43. The van der Waals surface area contributed by atoms with Crippen molar-refractivity contribution in [2.24, 2.45) is 5.73 Å². The molecule has 1 atom stereocenters. The predicted molar refractivity (Wildman–Crippen MR) is 59.0 cm³/mol. The number of carbonyl (C=O) groups is 3. The molecule has 0 rings (SSSR count). The van der Waals surface area contributed by atoms with Crippen LogP contribution in [-0.2, 0) is 19.1 Å². The van der Waals surface area contributed by atoms with Crippen molar-refractivity contribution in [1.29, 1.82) is 0 Å². The summed E-state index contributed by atoms with van der Waals surface area (Å²) >= 11 is 0. The van der Waals surface area contributed by atoms with E-state index in [4.69, 9.17) is 10.5 Å². The molecule has 7 heteroatoms. The van der Waals surface area contributed by atoms with Gasteiger partial charge in [0.1, 0.15) is 11.6 Å². The third-order valence-corrected chi connectivity index (χ3v) is 1.58. The van der Waals surface area contributed by atoms with Crippen LogP contribution < -0.4 is 11.1 Å². The molecular weight excluding hydrogens is 228 g/mol. The van der Waals surface area contributed by atoms with Crippen molar-refractivity contribution in [3.8, 4) is 0 Å². The van der Waals surface area contributed by atoms with Gasteiger partial charge in [0, 0.05) is 0 Å². The van der Waals surface area contributed by atoms with Gasteiger partial charge >= 0.3 is 12.1 Å². The summed E-state index contributed by atoms with van der Waals surface area (Å²) < 4.78 is 9.36. The van der Waals surface area contributed by atoms with Gasteiger partial charge in [-0.05, 0) is 20.8 Å². The van der Waals surface area contributed by atoms with E-state index in [-0.39, 0.29) is 6.42 Å². The number of primary amides is 1. The summed E-state index contributed by atoms with van der Waals surface area (Å²) in [5, 5.41) is 2.22. The molecule has 0 aromatic rings. The van der Waals surface area contributed by atoms with Crippen LogP contribution in [0.15, 0.2) is 0 Å². The van der Waals surface area contributed by atoms with Crippen LogP contribution in [-0.4, -0.2) is 36.7 Å². The summed E-state index contributed by atoms with van der Waals surface area (Å²) in [5.41, 5.74) is 4.25. The molecule has 0 heterocycles. The summed E-state index contributed by atoms with van der Waals surface area (Å²) in [5.74, 6) is -1.48. The van der Waals surface area contributed by atoms with Crippen molar-refractivity contribution >= 4 is 18.0 Å². The fourth-order valence-electron chi connectivity index (χ4n) is 0.987. The highest BCUT2D eigenvalue weighted by atomic mass is 16.6. The molecule has 0 aromatic carbocycles. The first-order valence-corrected chi connectivity index (χ1v) is 5.01. The first kappa shape index (κ1) is 15.2. The van der Waals surface area contributed by atoms with Crippen molar-refractivity contribution in [2.45, 2.75) is 38.8 Å². The van der Waals surface area contributed by atoms with Gasteiger partial charge in [0.25, 0.3) is 0 Å². The Morgan fingerprint density at radius 2 is 1.82 bits per heavy atom. The topological polar surface area (TPSA) is 108 Å². The van der Waals surface area contributed by atoms with Crippen molar-refractivity contribution in [3.05, 3.63) is 0 Å². The van der Waals surface area contributed by atoms with Crippen molar-refractivity contribution in [2.75, 3.05) is 7.11 Å². The third kappa shape index (κ3) is 7.15. The number of alkyl carbamates (subject to hydrolysis) is 1. The van der Waals surface area contributed by atoms with Gasteiger partial charge in [0.05, 0.1) is 13.5 Å². The Hall–Kier alpha value is -1.79. The second-order valence-electron chi connectivity index (χ2n) is 4.39. The maximum absolute atomic E-state index is 11.4. The summed E-state index contributed by atoms with van der Waals surface area (Å²) in [6.07, 6.45) is -1.15. The number of hydrogen-bond donors (Lipinski definition) is 2. The van der Waals surface area contributed by atoms with Crippen molar-refractivity contribution < 1.29 is 23.9 Å². The Morgan fingerprint density at radius 1 is 1.29 bits per heavy atom. The quantitative estimate of drug-likeness (QED) is 0.675. The molecular formula is C10H18N2O5. The Balaban J connectivity index is 4.48. The number of amides is 2. The number of methoxy groups -OCH3 is 1. The van der Waals surface area contributed by atoms with Gasteiger partial charge in [0.15, 0.2) is 0 Å². The van der Waals surface area contributed by atoms with Crippen LogP contribution in [0.25, 0.3) is 0 Å². The molecule has 2 amide bonds. The van der Waals surface area contributed by atoms with Crippen molar-refractivity contribution in [3.63, 3.8) is 0 Å². The zero-order valence-electron chi connectivity index (χ0n) is 10.4. The maximum atomic E-state index is 11.4. The molecule has 0 spiro atoms. The third-order valence-electron chi connectivity index (χ3n) is 1.58. The zero-order chi connectivity index (χ0) is 13.6. The number of ether oxygens (including phenoxy) is 2. The van der Waals surface area contributed by atoms with Gasteiger partial charge in [0.2, 0.25) is 5.91 Å². The minimum absolute atomic E-state index is 0.341. The highest BCUT2D eigenvalue weighted by molar-refractivity contribution is 5.87. The number of carbonyl (C=O) groups excluding carboxylic acids is 3. The zero-order valence-corrected chi connectivity index (χ0v) is 10.4. The molecule has 7 nitrogen and oxygen atoms in total. The molecule has 0 saturated carbocycles. The molecule has 17 heavy (non-hydrogen) atoms. The summed E-state index contributed by atoms with van der Waals surface area (Å²) in [6, 6.07) is -1.13. The van der Waals surface area contributed by atoms with E-state index < -0.39 is 29.6 Å². The van der Waals surface area contributed by atoms with E-state index >= 15 is 0 Å². The van der Waals surface area contributed by atoms with Crippen LogP contribution in [0.3, 0.4) is 0 Å². The molecule has 0 fully saturated rings. The number of rotatable bonds is 4. The molecule has 3 N–H and O–H groups in total. The minimum Gasteiger partial charge on any atom is -0.467 e. The van der Waals surface area contributed by atoms with E-state index in [9.17, 15) is 14.4 Å². The molecule has 0 aliphatic rings. The van der Waals surface area contributed by atoms with Gasteiger partial charge < -0.3 is 20.5 Å². The van der Waals surface area contributed by atoms with E-state index in [1.165, 1.54) is 0 Å². The van der Waals surface area contributed by atoms with Crippen LogP contribution in [0.5, 0.6) is 0 Å². The number of nitrogens with one attached hydrogen (secondary N) is 1. The minimum atomic E-state index is -1.13. The van der Waals surface area contributed by atoms with Crippen LogP contribution >= 0.6 is 0 Å². The molecule has 0 aliphatic heterocycles. The molecule has 0 radical (unpaired) electrons. The first-order chi connectivity index (χ1) is 7.65. The molecule has 98 valence electrons. The lowest BCUT2D eigenvalue weighted by molar-refractivity contribution is -0.144. The fourth-order valence-corrected chi connectivity index (χ4v) is 0.987. The van der Waals surface area contributed by atoms with Gasteiger partial charge in [-0.2, -0.15) is 0 Å². The normalized spacial score (nSPS) is 12.5. The lowest BCUT2D eigenvalue weighted by Gasteiger charge is -2.22. The number of hydrogen-bond acceptors (Lipinski definition) is 5. The monoisotopic (exact) mass is 246 g/mol. The van der Waals surface area contributed by atoms with E-state index in [2.05, 4.69) is 10.1 Å². The van der Waals surface area contributed by atoms with E-state index in [0.717, 1.165) is 7.11 Å². The van der Waals surface area contributed by atoms with Crippen LogP contribution in [0, 0.1) is 0 Å². The Morgan fingerprint density at radius 3 is 2.18 bits per heavy atom. The van der Waals surface area contributed by atoms with E-state index in [1.807, 2.05) is 0 Å². The second kappa shape index (κ2) is 6.07. The Labute approximate surface area is 99.6 Å². The SMILES string of the molecule is COC(=O)C(CC(N)=O)NC(=O)OC(C)(C)C. The smallest absolute Gasteiger partial charge is 0.408 e. The second-order valence-corrected chi connectivity index (χ2v) is 4.39. The summed E-state index contributed by atoms with van der Waals surface area (Å²) in [7, 11) is 1.15. The molecule has 1 unspecified atom stereocenters. The van der Waals surface area contributed by atoms with Gasteiger partial charge in [-0.25, -0.2) is 9.59 Å². The number of esters is 1. The highest BCUT2D eigenvalue weighted by Crippen LogP contribution is 2.07. The van der Waals surface area contributed by atoms with Crippen LogP contribution in [0.4, 0.5) is 4.79 Å². The standard InChI is InChI=1S/C10H18N2O5/c1-10(2,3)17-9(15)12-6(5-7(11)13)8(14)16-4/h6H,5H2,1-4H3,(H2,11,13)(H,12,15). The first-order valence-electron chi connectivity index (χ1n) is 5.01. The molecule has 0 aromatic heterocycles. The predicted octanol–water partition coefficient (Wildman–Crippen LogP) is -0.0719. The van der Waals surface area contributed by atoms with Crippen molar-refractivity contribution in [1.82, 2.24) is 5.32 Å². The summed E-state index contributed by atoms with van der Waals surface area (Å²) in [6.45, 7) is 5.02. The van der Waals surface area contributed by atoms with Gasteiger partial charge in [-0.3, -0.25) is 4.79 Å². The van der Waals surface area contributed by atoms with Gasteiger partial charge in [-0.15, -0.1) is 0 Å². The lowest BCUT2D eigenvalue weighted by Crippen LogP contribution is -2.45. The van der Waals surface area contributed by atoms with E-state index in [1.54, 1.807) is 20.8 Å². The molecule has 0 bridgehead atoms. The molecule has 0 aliphatic carbocycles. The van der Waals surface area contributed by atoms with E-state index in [0.29, 0.717) is 0 Å². The average Bonchev–Trinajstić information content (AvgIpc) is 2.11. The average molecular weight is 246 g/mol. The van der Waals surface area contributed by atoms with Gasteiger partial charge in [-0.1, -0.05) is 0 Å². The van der Waals surface area contributed by atoms with Crippen LogP contribution in [0.1, 0.15) is 27.2 Å². The largest absolute Gasteiger partial charge is 0.467 e. The summed E-state index contributed by atoms with van der Waals surface area (Å²) in [4.78, 5) is 33.3.